The summed E-state index contributed by atoms with van der Waals surface area (Å²) in [4.78, 5) is 0.999. The molecule has 0 aliphatic rings. The Labute approximate surface area is 86.6 Å². The zero-order chi connectivity index (χ0) is 9.68. The zero-order valence-electron chi connectivity index (χ0n) is 7.56. The number of aliphatic hydroxyl groups excluding tert-OH is 2. The fourth-order valence-electron chi connectivity index (χ4n) is 0.798. The Morgan fingerprint density at radius 3 is 2.77 bits per heavy atom. The highest BCUT2D eigenvalue weighted by atomic mass is 32.2. The van der Waals surface area contributed by atoms with Gasteiger partial charge in [-0.25, -0.2) is 0 Å². The van der Waals surface area contributed by atoms with Crippen LogP contribution < -0.4 is 0 Å². The molecule has 0 aliphatic carbocycles. The number of aliphatic hydroxyl groups is 2. The molecule has 2 N–H and O–H groups in total. The summed E-state index contributed by atoms with van der Waals surface area (Å²) < 4.78 is 1.21. The van der Waals surface area contributed by atoms with Crippen molar-refractivity contribution in [3.8, 4) is 0 Å². The van der Waals surface area contributed by atoms with Crippen LogP contribution in [0.25, 0.3) is 0 Å². The Kier molecular flexibility index (Phi) is 4.80. The molecule has 0 bridgehead atoms. The predicted octanol–water partition coefficient (Wildman–Crippen LogP) is 1.96. The number of hydrogen-bond donors (Lipinski definition) is 2. The van der Waals surface area contributed by atoms with Gasteiger partial charge in [-0.05, 0) is 18.1 Å². The van der Waals surface area contributed by atoms with Crippen LogP contribution in [0.3, 0.4) is 0 Å². The van der Waals surface area contributed by atoms with Crippen LogP contribution >= 0.6 is 23.1 Å². The summed E-state index contributed by atoms with van der Waals surface area (Å²) in [6.45, 7) is 2.39. The van der Waals surface area contributed by atoms with Crippen molar-refractivity contribution in [2.45, 2.75) is 17.7 Å². The lowest BCUT2D eigenvalue weighted by Crippen LogP contribution is -2.02. The largest absolute Gasteiger partial charge is 0.396 e. The first kappa shape index (κ1) is 11.0. The molecule has 0 aliphatic heterocycles. The first-order valence-electron chi connectivity index (χ1n) is 4.19. The maximum Gasteiger partial charge on any atom is 0.0774 e. The van der Waals surface area contributed by atoms with Gasteiger partial charge in [0.1, 0.15) is 0 Å². The molecule has 0 amide bonds. The highest BCUT2D eigenvalue weighted by Gasteiger charge is 2.03. The van der Waals surface area contributed by atoms with E-state index in [1.165, 1.54) is 4.21 Å². The second kappa shape index (κ2) is 5.65. The monoisotopic (exact) mass is 218 g/mol. The molecule has 0 saturated heterocycles. The summed E-state index contributed by atoms with van der Waals surface area (Å²) in [5.74, 6) is 1.27. The van der Waals surface area contributed by atoms with E-state index in [1.54, 1.807) is 23.1 Å². The summed E-state index contributed by atoms with van der Waals surface area (Å²) in [7, 11) is 0. The van der Waals surface area contributed by atoms with Gasteiger partial charge in [0.25, 0.3) is 0 Å². The van der Waals surface area contributed by atoms with Gasteiger partial charge >= 0.3 is 0 Å². The van der Waals surface area contributed by atoms with Crippen LogP contribution in [-0.4, -0.2) is 22.6 Å². The highest BCUT2D eigenvalue weighted by Crippen LogP contribution is 2.28. The van der Waals surface area contributed by atoms with Gasteiger partial charge in [-0.15, -0.1) is 23.1 Å². The lowest BCUT2D eigenvalue weighted by Gasteiger charge is -2.04. The lowest BCUT2D eigenvalue weighted by molar-refractivity contribution is 0.250. The van der Waals surface area contributed by atoms with Gasteiger partial charge in [-0.2, -0.15) is 0 Å². The van der Waals surface area contributed by atoms with Crippen molar-refractivity contribution in [2.24, 2.45) is 5.92 Å². The van der Waals surface area contributed by atoms with Gasteiger partial charge in [-0.3, -0.25) is 0 Å². The van der Waals surface area contributed by atoms with E-state index in [0.717, 1.165) is 10.6 Å². The summed E-state index contributed by atoms with van der Waals surface area (Å²) in [5.41, 5.74) is 0. The van der Waals surface area contributed by atoms with Crippen LogP contribution in [0.5, 0.6) is 0 Å². The van der Waals surface area contributed by atoms with Crippen LogP contribution in [0.2, 0.25) is 0 Å². The van der Waals surface area contributed by atoms with Gasteiger partial charge in [0, 0.05) is 17.2 Å². The molecule has 13 heavy (non-hydrogen) atoms. The Morgan fingerprint density at radius 1 is 1.46 bits per heavy atom. The predicted molar refractivity (Wildman–Crippen MR) is 57.2 cm³/mol. The van der Waals surface area contributed by atoms with E-state index in [0.29, 0.717) is 5.92 Å². The number of rotatable bonds is 5. The normalized spacial score (nSPS) is 13.2. The second-order valence-corrected chi connectivity index (χ2v) is 5.47. The Morgan fingerprint density at radius 2 is 2.23 bits per heavy atom. The summed E-state index contributed by atoms with van der Waals surface area (Å²) in [6.07, 6.45) is 0. The molecule has 1 atom stereocenters. The molecule has 0 fully saturated rings. The molecule has 1 unspecified atom stereocenters. The molecule has 1 aromatic rings. The average molecular weight is 218 g/mol. The minimum absolute atomic E-state index is 0.126. The van der Waals surface area contributed by atoms with E-state index in [1.807, 2.05) is 19.1 Å². The van der Waals surface area contributed by atoms with Gasteiger partial charge in [0.15, 0.2) is 0 Å². The summed E-state index contributed by atoms with van der Waals surface area (Å²) in [6, 6.07) is 3.96. The SMILES string of the molecule is CC(CO)CSc1ccc(CO)s1. The number of thiophene rings is 1. The van der Waals surface area contributed by atoms with E-state index < -0.39 is 0 Å². The van der Waals surface area contributed by atoms with E-state index in [9.17, 15) is 0 Å². The van der Waals surface area contributed by atoms with Crippen LogP contribution in [-0.2, 0) is 6.61 Å². The third kappa shape index (κ3) is 3.68. The van der Waals surface area contributed by atoms with Crippen molar-refractivity contribution < 1.29 is 10.2 Å². The Hall–Kier alpha value is -0.0300. The molecule has 0 radical (unpaired) electrons. The van der Waals surface area contributed by atoms with E-state index >= 15 is 0 Å². The highest BCUT2D eigenvalue weighted by molar-refractivity contribution is 8.01. The van der Waals surface area contributed by atoms with Crippen LogP contribution in [0.15, 0.2) is 16.3 Å². The molecule has 0 aromatic carbocycles. The van der Waals surface area contributed by atoms with Crippen molar-refractivity contribution in [1.82, 2.24) is 0 Å². The van der Waals surface area contributed by atoms with E-state index in [-0.39, 0.29) is 13.2 Å². The third-order valence-electron chi connectivity index (χ3n) is 1.61. The van der Waals surface area contributed by atoms with Gasteiger partial charge in [0.2, 0.25) is 0 Å². The first-order chi connectivity index (χ1) is 6.26. The summed E-state index contributed by atoms with van der Waals surface area (Å²) in [5, 5.41) is 17.6. The van der Waals surface area contributed by atoms with Gasteiger partial charge < -0.3 is 10.2 Å². The van der Waals surface area contributed by atoms with Crippen molar-refractivity contribution >= 4 is 23.1 Å². The minimum Gasteiger partial charge on any atom is -0.396 e. The number of hydrogen-bond acceptors (Lipinski definition) is 4. The maximum absolute atomic E-state index is 8.84. The van der Waals surface area contributed by atoms with Crippen molar-refractivity contribution in [2.75, 3.05) is 12.4 Å². The van der Waals surface area contributed by atoms with Crippen molar-refractivity contribution in [1.29, 1.82) is 0 Å². The Balaban J connectivity index is 2.36. The maximum atomic E-state index is 8.84. The zero-order valence-corrected chi connectivity index (χ0v) is 9.20. The fraction of sp³-hybridized carbons (Fsp3) is 0.556. The molecule has 1 rings (SSSR count). The molecule has 0 saturated carbocycles. The minimum atomic E-state index is 0.126. The summed E-state index contributed by atoms with van der Waals surface area (Å²) >= 11 is 3.35. The Bertz CT molecular complexity index is 248. The smallest absolute Gasteiger partial charge is 0.0774 e. The quantitative estimate of drug-likeness (QED) is 0.742. The molecule has 2 nitrogen and oxygen atoms in total. The van der Waals surface area contributed by atoms with Gasteiger partial charge in [-0.1, -0.05) is 6.92 Å². The second-order valence-electron chi connectivity index (χ2n) is 2.98. The molecule has 1 heterocycles. The molecule has 1 aromatic heterocycles. The van der Waals surface area contributed by atoms with E-state index in [2.05, 4.69) is 0 Å². The molecule has 0 spiro atoms. The van der Waals surface area contributed by atoms with Crippen molar-refractivity contribution in [3.05, 3.63) is 17.0 Å². The van der Waals surface area contributed by atoms with Crippen LogP contribution in [0.4, 0.5) is 0 Å². The lowest BCUT2D eigenvalue weighted by atomic mass is 10.2. The van der Waals surface area contributed by atoms with E-state index in [4.69, 9.17) is 10.2 Å². The first-order valence-corrected chi connectivity index (χ1v) is 5.99. The topological polar surface area (TPSA) is 40.5 Å². The standard InChI is InChI=1S/C9H14O2S2/c1-7(4-10)6-12-9-3-2-8(5-11)13-9/h2-3,7,10-11H,4-6H2,1H3. The third-order valence-corrected chi connectivity index (χ3v) is 4.24. The number of thioether (sulfide) groups is 1. The van der Waals surface area contributed by atoms with Crippen LogP contribution in [0, 0.1) is 5.92 Å². The molecule has 4 heteroatoms. The van der Waals surface area contributed by atoms with Gasteiger partial charge in [0.05, 0.1) is 10.8 Å². The molecular formula is C9H14O2S2. The van der Waals surface area contributed by atoms with Crippen molar-refractivity contribution in [3.63, 3.8) is 0 Å². The molecule has 74 valence electrons. The molecular weight excluding hydrogens is 204 g/mol. The van der Waals surface area contributed by atoms with Crippen LogP contribution in [0.1, 0.15) is 11.8 Å². The average Bonchev–Trinajstić information content (AvgIpc) is 2.61. The fourth-order valence-corrected chi connectivity index (χ4v) is 2.87.